The zero-order valence-corrected chi connectivity index (χ0v) is 13.6. The van der Waals surface area contributed by atoms with E-state index in [9.17, 15) is 0 Å². The fraction of sp³-hybridized carbons (Fsp3) is 0.786. The van der Waals surface area contributed by atoms with Gasteiger partial charge in [0.05, 0.1) is 0 Å². The van der Waals surface area contributed by atoms with E-state index in [1.165, 1.54) is 0 Å². The van der Waals surface area contributed by atoms with Gasteiger partial charge in [-0.25, -0.2) is 0 Å². The Labute approximate surface area is 127 Å². The molecule has 1 fully saturated rings. The second kappa shape index (κ2) is 7.40. The molecule has 1 aliphatic heterocycles. The molecule has 21 heavy (non-hydrogen) atoms. The van der Waals surface area contributed by atoms with Crippen molar-refractivity contribution in [2.75, 3.05) is 68.0 Å². The van der Waals surface area contributed by atoms with Gasteiger partial charge in [-0.3, -0.25) is 0 Å². The predicted molar refractivity (Wildman–Crippen MR) is 87.3 cm³/mol. The highest BCUT2D eigenvalue weighted by Crippen LogP contribution is 2.17. The Morgan fingerprint density at radius 1 is 1.00 bits per heavy atom. The van der Waals surface area contributed by atoms with Crippen LogP contribution in [-0.2, 0) is 0 Å². The second-order valence-corrected chi connectivity index (χ2v) is 5.25. The number of rotatable bonds is 6. The summed E-state index contributed by atoms with van der Waals surface area (Å²) in [4.78, 5) is 20.5. The van der Waals surface area contributed by atoms with Crippen molar-refractivity contribution in [1.82, 2.24) is 19.9 Å². The summed E-state index contributed by atoms with van der Waals surface area (Å²) in [5.74, 6) is 2.22. The summed E-state index contributed by atoms with van der Waals surface area (Å²) >= 11 is 0. The van der Waals surface area contributed by atoms with E-state index < -0.39 is 0 Å². The maximum absolute atomic E-state index is 4.68. The Hall–Kier alpha value is -1.63. The van der Waals surface area contributed by atoms with Gasteiger partial charge in [0.1, 0.15) is 0 Å². The molecular formula is C14H27N7. The van der Waals surface area contributed by atoms with Gasteiger partial charge in [-0.15, -0.1) is 0 Å². The van der Waals surface area contributed by atoms with Crippen LogP contribution in [0.5, 0.6) is 0 Å². The Morgan fingerprint density at radius 3 is 2.24 bits per heavy atom. The molecule has 1 aromatic heterocycles. The van der Waals surface area contributed by atoms with E-state index >= 15 is 0 Å². The number of likely N-dealkylation sites (N-methyl/N-ethyl adjacent to an activating group) is 1. The summed E-state index contributed by atoms with van der Waals surface area (Å²) in [5, 5.41) is 3.21. The van der Waals surface area contributed by atoms with Gasteiger partial charge in [-0.1, -0.05) is 0 Å². The highest BCUT2D eigenvalue weighted by Gasteiger charge is 2.19. The van der Waals surface area contributed by atoms with Gasteiger partial charge in [-0.2, -0.15) is 15.0 Å². The average molecular weight is 293 g/mol. The lowest BCUT2D eigenvalue weighted by Crippen LogP contribution is -2.45. The summed E-state index contributed by atoms with van der Waals surface area (Å²) < 4.78 is 0. The van der Waals surface area contributed by atoms with Gasteiger partial charge in [0.25, 0.3) is 0 Å². The molecule has 0 aliphatic carbocycles. The van der Waals surface area contributed by atoms with Crippen LogP contribution in [-0.4, -0.2) is 72.7 Å². The molecule has 0 spiro atoms. The molecule has 0 unspecified atom stereocenters. The van der Waals surface area contributed by atoms with Crippen molar-refractivity contribution < 1.29 is 0 Å². The number of hydrogen-bond acceptors (Lipinski definition) is 7. The van der Waals surface area contributed by atoms with E-state index in [0.717, 1.165) is 57.7 Å². The normalized spacial score (nSPS) is 16.1. The Bertz CT molecular complexity index is 439. The first-order valence-corrected chi connectivity index (χ1v) is 7.86. The number of nitrogens with one attached hydrogen (secondary N) is 1. The first kappa shape index (κ1) is 15.8. The van der Waals surface area contributed by atoms with Crippen LogP contribution in [0.25, 0.3) is 0 Å². The first-order valence-electron chi connectivity index (χ1n) is 7.86. The number of piperazine rings is 1. The van der Waals surface area contributed by atoms with Gasteiger partial charge in [-0.05, 0) is 27.8 Å². The molecule has 2 rings (SSSR count). The maximum atomic E-state index is 4.68. The van der Waals surface area contributed by atoms with E-state index in [1.807, 2.05) is 0 Å². The molecule has 118 valence electrons. The van der Waals surface area contributed by atoms with E-state index in [4.69, 9.17) is 0 Å². The number of aromatic nitrogens is 3. The number of anilines is 3. The van der Waals surface area contributed by atoms with Crippen molar-refractivity contribution in [2.45, 2.75) is 20.8 Å². The molecule has 0 bridgehead atoms. The van der Waals surface area contributed by atoms with Crippen LogP contribution in [0.4, 0.5) is 17.8 Å². The van der Waals surface area contributed by atoms with Crippen molar-refractivity contribution in [3.05, 3.63) is 0 Å². The standard InChI is InChI=1S/C14H27N7/c1-5-15-12-16-13(20(6-2)7-3)18-14(17-12)21-10-8-19(4)9-11-21/h5-11H2,1-4H3,(H,15,16,17,18). The molecule has 1 saturated heterocycles. The lowest BCUT2D eigenvalue weighted by Gasteiger charge is -2.33. The smallest absolute Gasteiger partial charge is 0.232 e. The molecule has 7 nitrogen and oxygen atoms in total. The average Bonchev–Trinajstić information content (AvgIpc) is 2.49. The fourth-order valence-corrected chi connectivity index (χ4v) is 2.39. The summed E-state index contributed by atoms with van der Waals surface area (Å²) in [5.41, 5.74) is 0. The third-order valence-electron chi connectivity index (χ3n) is 3.78. The molecule has 0 radical (unpaired) electrons. The fourth-order valence-electron chi connectivity index (χ4n) is 2.39. The lowest BCUT2D eigenvalue weighted by atomic mass is 10.3. The molecular weight excluding hydrogens is 266 g/mol. The Kier molecular flexibility index (Phi) is 5.55. The largest absolute Gasteiger partial charge is 0.354 e. The summed E-state index contributed by atoms with van der Waals surface area (Å²) in [6.07, 6.45) is 0. The minimum atomic E-state index is 0.670. The zero-order chi connectivity index (χ0) is 15.2. The van der Waals surface area contributed by atoms with Crippen LogP contribution in [0.3, 0.4) is 0 Å². The van der Waals surface area contributed by atoms with Gasteiger partial charge < -0.3 is 20.0 Å². The van der Waals surface area contributed by atoms with E-state index in [-0.39, 0.29) is 0 Å². The van der Waals surface area contributed by atoms with Gasteiger partial charge in [0, 0.05) is 45.8 Å². The molecule has 0 amide bonds. The molecule has 1 aliphatic rings. The monoisotopic (exact) mass is 293 g/mol. The van der Waals surface area contributed by atoms with Crippen LogP contribution < -0.4 is 15.1 Å². The van der Waals surface area contributed by atoms with Crippen LogP contribution in [0.2, 0.25) is 0 Å². The summed E-state index contributed by atoms with van der Waals surface area (Å²) in [6.45, 7) is 12.9. The topological polar surface area (TPSA) is 60.4 Å². The van der Waals surface area contributed by atoms with Crippen LogP contribution >= 0.6 is 0 Å². The minimum absolute atomic E-state index is 0.670. The highest BCUT2D eigenvalue weighted by molar-refractivity contribution is 5.45. The maximum Gasteiger partial charge on any atom is 0.232 e. The number of hydrogen-bond donors (Lipinski definition) is 1. The molecule has 1 N–H and O–H groups in total. The first-order chi connectivity index (χ1) is 10.2. The molecule has 0 atom stereocenters. The molecule has 1 aromatic rings. The predicted octanol–water partition coefficient (Wildman–Crippen LogP) is 0.901. The van der Waals surface area contributed by atoms with E-state index in [1.54, 1.807) is 0 Å². The lowest BCUT2D eigenvalue weighted by molar-refractivity contribution is 0.311. The molecule has 0 aromatic carbocycles. The van der Waals surface area contributed by atoms with E-state index in [0.29, 0.717) is 5.95 Å². The highest BCUT2D eigenvalue weighted by atomic mass is 15.4. The van der Waals surface area contributed by atoms with Crippen LogP contribution in [0.1, 0.15) is 20.8 Å². The van der Waals surface area contributed by atoms with E-state index in [2.05, 4.69) is 62.8 Å². The van der Waals surface area contributed by atoms with Crippen molar-refractivity contribution in [3.63, 3.8) is 0 Å². The Morgan fingerprint density at radius 2 is 1.67 bits per heavy atom. The quantitative estimate of drug-likeness (QED) is 0.836. The van der Waals surface area contributed by atoms with Gasteiger partial charge in [0.2, 0.25) is 17.8 Å². The molecule has 0 saturated carbocycles. The Balaban J connectivity index is 2.26. The van der Waals surface area contributed by atoms with Gasteiger partial charge in [0.15, 0.2) is 0 Å². The van der Waals surface area contributed by atoms with Crippen molar-refractivity contribution in [1.29, 1.82) is 0 Å². The molecule has 2 heterocycles. The molecule has 7 heteroatoms. The SMILES string of the molecule is CCNc1nc(N(CC)CC)nc(N2CCN(C)CC2)n1. The summed E-state index contributed by atoms with van der Waals surface area (Å²) in [7, 11) is 2.15. The second-order valence-electron chi connectivity index (χ2n) is 5.25. The van der Waals surface area contributed by atoms with Crippen LogP contribution in [0.15, 0.2) is 0 Å². The van der Waals surface area contributed by atoms with Crippen molar-refractivity contribution in [3.8, 4) is 0 Å². The van der Waals surface area contributed by atoms with Crippen molar-refractivity contribution in [2.24, 2.45) is 0 Å². The zero-order valence-electron chi connectivity index (χ0n) is 13.6. The number of nitrogens with zero attached hydrogens (tertiary/aromatic N) is 6. The third-order valence-corrected chi connectivity index (χ3v) is 3.78. The minimum Gasteiger partial charge on any atom is -0.354 e. The third kappa shape index (κ3) is 3.93. The van der Waals surface area contributed by atoms with Crippen LogP contribution in [0, 0.1) is 0 Å². The van der Waals surface area contributed by atoms with Gasteiger partial charge >= 0.3 is 0 Å². The summed E-state index contributed by atoms with van der Waals surface area (Å²) in [6, 6.07) is 0. The van der Waals surface area contributed by atoms with Crippen molar-refractivity contribution >= 4 is 17.8 Å².